The van der Waals surface area contributed by atoms with E-state index in [1.165, 1.54) is 0 Å². The maximum atomic E-state index is 10.1. The summed E-state index contributed by atoms with van der Waals surface area (Å²) in [6.07, 6.45) is 2.16. The molecule has 0 aliphatic rings. The number of thioether (sulfide) groups is 1. The van der Waals surface area contributed by atoms with Gasteiger partial charge in [-0.2, -0.15) is 0 Å². The fourth-order valence-electron chi connectivity index (χ4n) is 0.977. The summed E-state index contributed by atoms with van der Waals surface area (Å²) < 4.78 is 0. The van der Waals surface area contributed by atoms with Crippen LogP contribution < -0.4 is 17.2 Å². The van der Waals surface area contributed by atoms with Crippen molar-refractivity contribution in [1.82, 2.24) is 0 Å². The Kier molecular flexibility index (Phi) is 14.2. The lowest BCUT2D eigenvalue weighted by molar-refractivity contribution is -0.139. The maximum absolute atomic E-state index is 10.1. The normalized spacial score (nSPS) is 12.7. The van der Waals surface area contributed by atoms with Crippen LogP contribution in [-0.4, -0.2) is 63.4 Å². The van der Waals surface area contributed by atoms with Crippen LogP contribution in [0.5, 0.6) is 0 Å². The van der Waals surface area contributed by atoms with Gasteiger partial charge in [-0.3, -0.25) is 14.4 Å². The highest BCUT2D eigenvalue weighted by Gasteiger charge is 2.11. The highest BCUT2D eigenvalue weighted by Crippen LogP contribution is 2.00. The largest absolute Gasteiger partial charge is 0.481 e. The fraction of sp³-hybridized carbons (Fsp3) is 0.727. The molecule has 21 heavy (non-hydrogen) atoms. The maximum Gasteiger partial charge on any atom is 0.321 e. The van der Waals surface area contributed by atoms with Crippen molar-refractivity contribution < 1.29 is 29.7 Å². The molecule has 0 fully saturated rings. The smallest absolute Gasteiger partial charge is 0.321 e. The summed E-state index contributed by atoms with van der Waals surface area (Å²) in [4.78, 5) is 30.2. The van der Waals surface area contributed by atoms with E-state index in [9.17, 15) is 14.4 Å². The monoisotopic (exact) mass is 325 g/mol. The SMILES string of the molecule is NCCCC[C@H](N)C(=O)O.N[C@@H](CSCC(=O)O)C(=O)O. The Labute approximate surface area is 126 Å². The number of hydrogen-bond donors (Lipinski definition) is 6. The summed E-state index contributed by atoms with van der Waals surface area (Å²) in [6, 6.07) is -1.69. The van der Waals surface area contributed by atoms with E-state index in [2.05, 4.69) is 0 Å². The first-order valence-electron chi connectivity index (χ1n) is 6.18. The molecular weight excluding hydrogens is 302 g/mol. The molecule has 0 aromatic heterocycles. The molecule has 0 aromatic carbocycles. The van der Waals surface area contributed by atoms with Crippen molar-refractivity contribution in [3.8, 4) is 0 Å². The first-order chi connectivity index (χ1) is 9.72. The highest BCUT2D eigenvalue weighted by molar-refractivity contribution is 8.00. The summed E-state index contributed by atoms with van der Waals surface area (Å²) in [5.74, 6) is -2.99. The summed E-state index contributed by atoms with van der Waals surface area (Å²) in [7, 11) is 0. The molecule has 0 bridgehead atoms. The summed E-state index contributed by atoms with van der Waals surface area (Å²) in [5.41, 5.74) is 15.5. The number of aliphatic carboxylic acids is 3. The lowest BCUT2D eigenvalue weighted by atomic mass is 10.1. The number of carboxylic acids is 3. The van der Waals surface area contributed by atoms with Gasteiger partial charge in [0.05, 0.1) is 5.75 Å². The van der Waals surface area contributed by atoms with Gasteiger partial charge < -0.3 is 32.5 Å². The van der Waals surface area contributed by atoms with Crippen LogP contribution >= 0.6 is 11.8 Å². The van der Waals surface area contributed by atoms with Gasteiger partial charge in [-0.15, -0.1) is 11.8 Å². The van der Waals surface area contributed by atoms with Gasteiger partial charge in [0, 0.05) is 5.75 Å². The zero-order valence-corrected chi connectivity index (χ0v) is 12.4. The molecule has 0 saturated carbocycles. The van der Waals surface area contributed by atoms with Crippen LogP contribution in [0.1, 0.15) is 19.3 Å². The van der Waals surface area contributed by atoms with Gasteiger partial charge in [0.1, 0.15) is 12.1 Å². The number of hydrogen-bond acceptors (Lipinski definition) is 7. The van der Waals surface area contributed by atoms with Gasteiger partial charge in [0.2, 0.25) is 0 Å². The average molecular weight is 325 g/mol. The molecule has 0 aliphatic heterocycles. The van der Waals surface area contributed by atoms with Gasteiger partial charge in [0.25, 0.3) is 0 Å². The van der Waals surface area contributed by atoms with Crippen molar-refractivity contribution >= 4 is 29.7 Å². The van der Waals surface area contributed by atoms with Gasteiger partial charge in [0.15, 0.2) is 0 Å². The van der Waals surface area contributed by atoms with Crippen molar-refractivity contribution in [2.24, 2.45) is 17.2 Å². The third-order valence-corrected chi connectivity index (χ3v) is 3.17. The summed E-state index contributed by atoms with van der Waals surface area (Å²) in [5, 5.41) is 24.7. The second-order valence-corrected chi connectivity index (χ2v) is 5.11. The average Bonchev–Trinajstić information content (AvgIpc) is 2.38. The Morgan fingerprint density at radius 3 is 1.86 bits per heavy atom. The Bertz CT molecular complexity index is 329. The number of carbonyl (C=O) groups is 3. The van der Waals surface area contributed by atoms with Crippen molar-refractivity contribution in [3.63, 3.8) is 0 Å². The second kappa shape index (κ2) is 13.6. The van der Waals surface area contributed by atoms with Crippen LogP contribution in [0.15, 0.2) is 0 Å². The molecule has 2 atom stereocenters. The van der Waals surface area contributed by atoms with Crippen LogP contribution in [0.2, 0.25) is 0 Å². The minimum Gasteiger partial charge on any atom is -0.481 e. The zero-order chi connectivity index (χ0) is 16.8. The number of unbranched alkanes of at least 4 members (excludes halogenated alkanes) is 1. The molecule has 0 radical (unpaired) electrons. The predicted octanol–water partition coefficient (Wildman–Crippen LogP) is -1.26. The second-order valence-electron chi connectivity index (χ2n) is 4.08. The van der Waals surface area contributed by atoms with Crippen LogP contribution in [0.3, 0.4) is 0 Å². The fourth-order valence-corrected chi connectivity index (χ4v) is 1.67. The molecule has 9 N–H and O–H groups in total. The first-order valence-corrected chi connectivity index (χ1v) is 7.34. The molecule has 0 unspecified atom stereocenters. The Morgan fingerprint density at radius 2 is 1.48 bits per heavy atom. The summed E-state index contributed by atoms with van der Waals surface area (Å²) in [6.45, 7) is 0.604. The topological polar surface area (TPSA) is 190 Å². The molecule has 10 heteroatoms. The molecule has 9 nitrogen and oxygen atoms in total. The number of rotatable bonds is 10. The standard InChI is InChI=1S/C6H14N2O2.C5H9NO4S/c7-4-2-1-3-5(8)6(9)10;6-3(5(9)10)1-11-2-4(7)8/h5H,1-4,7-8H2,(H,9,10);3H,1-2,6H2,(H,7,8)(H,9,10)/t5-;3-/m00/s1. The molecule has 0 amide bonds. The van der Waals surface area contributed by atoms with E-state index in [1.54, 1.807) is 0 Å². The molecule has 124 valence electrons. The first kappa shape index (κ1) is 21.9. The molecular formula is C11H23N3O6S. The molecule has 0 aromatic rings. The lowest BCUT2D eigenvalue weighted by Crippen LogP contribution is -2.32. The van der Waals surface area contributed by atoms with Crippen LogP contribution in [0, 0.1) is 0 Å². The van der Waals surface area contributed by atoms with Gasteiger partial charge in [-0.05, 0) is 19.4 Å². The molecule has 0 rings (SSSR count). The zero-order valence-electron chi connectivity index (χ0n) is 11.6. The predicted molar refractivity (Wildman–Crippen MR) is 79.1 cm³/mol. The number of nitrogens with two attached hydrogens (primary N) is 3. The minimum atomic E-state index is -1.11. The molecule has 0 spiro atoms. The molecule has 0 heterocycles. The van der Waals surface area contributed by atoms with E-state index >= 15 is 0 Å². The van der Waals surface area contributed by atoms with E-state index in [4.69, 9.17) is 32.5 Å². The number of carboxylic acid groups (broad SMARTS) is 3. The Balaban J connectivity index is 0. The van der Waals surface area contributed by atoms with E-state index < -0.39 is 30.0 Å². The molecule has 0 aliphatic carbocycles. The quantitative estimate of drug-likeness (QED) is 0.264. The van der Waals surface area contributed by atoms with Crippen LogP contribution in [-0.2, 0) is 14.4 Å². The van der Waals surface area contributed by atoms with E-state index in [0.717, 1.165) is 24.6 Å². The lowest BCUT2D eigenvalue weighted by Gasteiger charge is -2.03. The Morgan fingerprint density at radius 1 is 0.952 bits per heavy atom. The minimum absolute atomic E-state index is 0.110. The van der Waals surface area contributed by atoms with Crippen molar-refractivity contribution in [2.45, 2.75) is 31.3 Å². The Hall–Kier alpha value is -1.36. The van der Waals surface area contributed by atoms with Crippen LogP contribution in [0.4, 0.5) is 0 Å². The van der Waals surface area contributed by atoms with Crippen LogP contribution in [0.25, 0.3) is 0 Å². The van der Waals surface area contributed by atoms with Crippen molar-refractivity contribution in [1.29, 1.82) is 0 Å². The van der Waals surface area contributed by atoms with E-state index in [0.29, 0.717) is 13.0 Å². The van der Waals surface area contributed by atoms with Gasteiger partial charge in [-0.1, -0.05) is 6.42 Å². The van der Waals surface area contributed by atoms with E-state index in [1.807, 2.05) is 0 Å². The molecule has 0 saturated heterocycles. The van der Waals surface area contributed by atoms with Crippen molar-refractivity contribution in [2.75, 3.05) is 18.1 Å². The van der Waals surface area contributed by atoms with Crippen molar-refractivity contribution in [3.05, 3.63) is 0 Å². The van der Waals surface area contributed by atoms with E-state index in [-0.39, 0.29) is 11.5 Å². The third-order valence-electron chi connectivity index (χ3n) is 2.13. The van der Waals surface area contributed by atoms with Gasteiger partial charge in [-0.25, -0.2) is 0 Å². The van der Waals surface area contributed by atoms with Gasteiger partial charge >= 0.3 is 17.9 Å². The summed E-state index contributed by atoms with van der Waals surface area (Å²) >= 11 is 0.992. The third kappa shape index (κ3) is 16.6. The highest BCUT2D eigenvalue weighted by atomic mass is 32.2.